The van der Waals surface area contributed by atoms with E-state index >= 15 is 0 Å². The zero-order valence-electron chi connectivity index (χ0n) is 42.8. The van der Waals surface area contributed by atoms with Gasteiger partial charge in [-0.15, -0.1) is 0 Å². The van der Waals surface area contributed by atoms with E-state index in [1.54, 1.807) is 49.6 Å². The smallest absolute Gasteiger partial charge is 0.369 e. The summed E-state index contributed by atoms with van der Waals surface area (Å²) in [6.07, 6.45) is 12.5. The summed E-state index contributed by atoms with van der Waals surface area (Å²) in [5.74, 6) is 5.45. The first kappa shape index (κ1) is 59.0. The van der Waals surface area contributed by atoms with E-state index in [-0.39, 0.29) is 42.1 Å². The fourth-order valence-electron chi connectivity index (χ4n) is 7.95. The van der Waals surface area contributed by atoms with Crippen LogP contribution in [0.2, 0.25) is 0 Å². The van der Waals surface area contributed by atoms with Crippen LogP contribution in [0.25, 0.3) is 21.3 Å². The molecule has 4 aromatic carbocycles. The number of aromatic nitrogens is 8. The summed E-state index contributed by atoms with van der Waals surface area (Å²) in [5.41, 5.74) is 5.36. The molecule has 0 unspecified atom stereocenters. The Labute approximate surface area is 490 Å². The first-order valence-electron chi connectivity index (χ1n) is 24.8. The van der Waals surface area contributed by atoms with Crippen molar-refractivity contribution in [1.29, 1.82) is 0 Å². The molecule has 0 saturated heterocycles. The van der Waals surface area contributed by atoms with E-state index in [1.165, 1.54) is 21.9 Å². The maximum atomic E-state index is 4.22. The largest absolute Gasteiger partial charge is 2.00 e. The molecule has 0 N–H and O–H groups in total. The van der Waals surface area contributed by atoms with E-state index in [1.807, 2.05) is 146 Å². The molecule has 0 atom stereocenters. The molecule has 0 saturated carbocycles. The van der Waals surface area contributed by atoms with Crippen LogP contribution in [0, 0.1) is 0 Å². The first-order chi connectivity index (χ1) is 38.2. The summed E-state index contributed by atoms with van der Waals surface area (Å²) in [4.78, 5) is 32.5. The Hall–Kier alpha value is -9.28. The summed E-state index contributed by atoms with van der Waals surface area (Å²) in [7, 11) is 0. The monoisotopic (exact) mass is 1370 g/mol. The molecule has 12 nitrogen and oxygen atoms in total. The number of pyridine rings is 8. The zero-order chi connectivity index (χ0) is 52.7. The Morgan fingerprint density at radius 3 is 0.456 bits per heavy atom. The van der Waals surface area contributed by atoms with Gasteiger partial charge in [0.05, 0.1) is 0 Å². The van der Waals surface area contributed by atoms with Crippen LogP contribution in [0.15, 0.2) is 316 Å². The number of nitrogens with zero attached hydrogens (tertiary/aromatic N) is 12. The van der Waals surface area contributed by atoms with Crippen molar-refractivity contribution in [3.05, 3.63) is 338 Å². The molecule has 386 valence electrons. The normalized spacial score (nSPS) is 9.82. The molecule has 0 radical (unpaired) electrons. The number of benzene rings is 4. The summed E-state index contributed by atoms with van der Waals surface area (Å²) >= 11 is 0. The molecule has 0 fully saturated rings. The van der Waals surface area contributed by atoms with E-state index in [9.17, 15) is 0 Å². The van der Waals surface area contributed by atoms with E-state index in [4.69, 9.17) is 0 Å². The van der Waals surface area contributed by atoms with E-state index in [0.717, 1.165) is 0 Å². The third kappa shape index (κ3) is 19.1. The van der Waals surface area contributed by atoms with Gasteiger partial charge >= 0.3 is 21.1 Å². The van der Waals surface area contributed by atoms with Gasteiger partial charge in [0.2, 0.25) is 0 Å². The van der Waals surface area contributed by atoms with Crippen LogP contribution < -0.4 is 21.9 Å². The van der Waals surface area contributed by atoms with Crippen molar-refractivity contribution < 1.29 is 42.1 Å². The minimum absolute atomic E-state index is 0. The Balaban J connectivity index is 0.000000164. The van der Waals surface area contributed by atoms with Gasteiger partial charge in [0.15, 0.2) is 0 Å². The van der Waals surface area contributed by atoms with Crippen LogP contribution in [0.1, 0.15) is 0 Å². The molecular weight excluding hydrogens is 1320 g/mol. The summed E-state index contributed by atoms with van der Waals surface area (Å²) in [6, 6.07) is 88.3. The Morgan fingerprint density at radius 2 is 0.329 bits per heavy atom. The van der Waals surface area contributed by atoms with Crippen LogP contribution in [0.4, 0.5) is 46.5 Å². The predicted octanol–water partition coefficient (Wildman–Crippen LogP) is 14.3. The Kier molecular flexibility index (Phi) is 25.1. The second-order valence-corrected chi connectivity index (χ2v) is 16.5. The van der Waals surface area contributed by atoms with Gasteiger partial charge in [-0.3, -0.25) is 0 Å². The van der Waals surface area contributed by atoms with Gasteiger partial charge in [0.1, 0.15) is 6.15 Å². The number of rotatable bonds is 12. The molecule has 0 aliphatic heterocycles. The van der Waals surface area contributed by atoms with Crippen molar-refractivity contribution in [3.63, 3.8) is 0 Å². The maximum absolute atomic E-state index is 4.22. The van der Waals surface area contributed by atoms with Gasteiger partial charge in [0.25, 0.3) is 0 Å². The molecule has 15 heteroatoms. The molecule has 0 aliphatic rings. The van der Waals surface area contributed by atoms with Crippen LogP contribution in [0.3, 0.4) is 0 Å². The third-order valence-corrected chi connectivity index (χ3v) is 11.3. The summed E-state index contributed by atoms with van der Waals surface area (Å²) in [5, 5.41) is 16.9. The van der Waals surface area contributed by atoms with Gasteiger partial charge in [-0.2, -0.15) is 21.9 Å². The SMILES string of the molecule is [W+2].[W].c1ccc([B-](c2ccccc2)(c2ccccc2)c2ccccc2)cc1.c1ccc([N-]c2ccccn2)nc1.c1ccc([N-]c2ccccn2)nc1.c1ccc([N-]c2ccccn2)nc1.c1ccc([N-]c2ccccn2)nc1. The van der Waals surface area contributed by atoms with Crippen LogP contribution in [-0.4, -0.2) is 46.0 Å². The van der Waals surface area contributed by atoms with Gasteiger partial charge in [-0.1, -0.05) is 218 Å². The standard InChI is InChI=1S/C24H20B.4C10H8N3.2W/c1-5-13-21(14-6-1)25(22-15-7-2-8-16-22,23-17-9-3-10-18-23)24-19-11-4-12-20-24;4*1-3-7-11-9(5-1)13-10-6-2-4-8-12-10;;/h1-20H;4*1-8H;;/q5*-1;;+2. The minimum atomic E-state index is -1.22. The van der Waals surface area contributed by atoms with Gasteiger partial charge in [-0.25, -0.2) is 0 Å². The summed E-state index contributed by atoms with van der Waals surface area (Å²) in [6.45, 7) is 0. The fourth-order valence-corrected chi connectivity index (χ4v) is 7.95. The number of hydrogen-bond acceptors (Lipinski definition) is 8. The summed E-state index contributed by atoms with van der Waals surface area (Å²) < 4.78 is 0. The molecule has 0 amide bonds. The second-order valence-electron chi connectivity index (χ2n) is 16.5. The molecule has 79 heavy (non-hydrogen) atoms. The maximum Gasteiger partial charge on any atom is 2.00 e. The van der Waals surface area contributed by atoms with Crippen LogP contribution in [0.5, 0.6) is 0 Å². The molecular formula is C64H52BN12W2-3. The van der Waals surface area contributed by atoms with E-state index < -0.39 is 6.15 Å². The third-order valence-electron chi connectivity index (χ3n) is 11.3. The molecule has 0 bridgehead atoms. The van der Waals surface area contributed by atoms with Crippen molar-refractivity contribution in [3.8, 4) is 0 Å². The topological polar surface area (TPSA) is 160 Å². The molecule has 0 aliphatic carbocycles. The molecule has 8 heterocycles. The average Bonchev–Trinajstić information content (AvgIpc) is 3.60. The molecule has 8 aromatic heterocycles. The molecule has 12 rings (SSSR count). The van der Waals surface area contributed by atoms with Crippen molar-refractivity contribution in [2.45, 2.75) is 0 Å². The van der Waals surface area contributed by atoms with Crippen LogP contribution >= 0.6 is 0 Å². The Bertz CT molecular complexity index is 2800. The average molecular weight is 1370 g/mol. The van der Waals surface area contributed by atoms with Gasteiger partial charge < -0.3 is 61.1 Å². The van der Waals surface area contributed by atoms with Crippen molar-refractivity contribution in [1.82, 2.24) is 39.9 Å². The Morgan fingerprint density at radius 1 is 0.190 bits per heavy atom. The van der Waals surface area contributed by atoms with E-state index in [2.05, 4.69) is 182 Å². The molecule has 12 aromatic rings. The first-order valence-corrected chi connectivity index (χ1v) is 24.8. The van der Waals surface area contributed by atoms with Gasteiger partial charge in [-0.05, 0) is 98.1 Å². The second kappa shape index (κ2) is 33.7. The minimum Gasteiger partial charge on any atom is -0.369 e. The van der Waals surface area contributed by atoms with Crippen molar-refractivity contribution >= 4 is 74.5 Å². The van der Waals surface area contributed by atoms with Crippen molar-refractivity contribution in [2.75, 3.05) is 0 Å². The van der Waals surface area contributed by atoms with Crippen molar-refractivity contribution in [2.24, 2.45) is 0 Å². The van der Waals surface area contributed by atoms with Gasteiger partial charge in [0, 0.05) is 67.6 Å². The quantitative estimate of drug-likeness (QED) is 0.109. The van der Waals surface area contributed by atoms with Crippen LogP contribution in [-0.2, 0) is 42.1 Å². The zero-order valence-corrected chi connectivity index (χ0v) is 48.6. The van der Waals surface area contributed by atoms with E-state index in [0.29, 0.717) is 46.5 Å². The molecule has 0 spiro atoms. The number of hydrogen-bond donors (Lipinski definition) is 0. The predicted molar refractivity (Wildman–Crippen MR) is 315 cm³/mol. The fraction of sp³-hybridized carbons (Fsp3) is 0.